The molecule has 22 heavy (non-hydrogen) atoms. The van der Waals surface area contributed by atoms with Crippen LogP contribution < -0.4 is 0 Å². The van der Waals surface area contributed by atoms with Crippen molar-refractivity contribution in [2.75, 3.05) is 0 Å². The summed E-state index contributed by atoms with van der Waals surface area (Å²) >= 11 is 0. The minimum Gasteiger partial charge on any atom is -0.467 e. The molecule has 1 aliphatic heterocycles. The maximum absolute atomic E-state index is 6.67. The van der Waals surface area contributed by atoms with Gasteiger partial charge in [0.2, 0.25) is 8.32 Å². The summed E-state index contributed by atoms with van der Waals surface area (Å²) in [5, 5.41) is 0. The molecule has 124 valence electrons. The Labute approximate surface area is 137 Å². The Kier molecular flexibility index (Phi) is 5.53. The Morgan fingerprint density at radius 3 is 2.50 bits per heavy atom. The van der Waals surface area contributed by atoms with Crippen molar-refractivity contribution in [3.8, 4) is 0 Å². The third kappa shape index (κ3) is 3.64. The van der Waals surface area contributed by atoms with Crippen LogP contribution in [0.5, 0.6) is 0 Å². The first-order valence-electron chi connectivity index (χ1n) is 8.36. The fraction of sp³-hybridized carbons (Fsp3) is 0.647. The summed E-state index contributed by atoms with van der Waals surface area (Å²) < 4.78 is 18.9. The van der Waals surface area contributed by atoms with Gasteiger partial charge >= 0.3 is 0 Å². The van der Waals surface area contributed by atoms with Gasteiger partial charge in [0, 0.05) is 12.0 Å². The van der Waals surface area contributed by atoms with Crippen LogP contribution >= 0.6 is 0 Å². The summed E-state index contributed by atoms with van der Waals surface area (Å²) in [6.45, 7) is 15.4. The quantitative estimate of drug-likeness (QED) is 0.507. The van der Waals surface area contributed by atoms with E-state index in [-0.39, 0.29) is 12.2 Å². The smallest absolute Gasteiger partial charge is 0.202 e. The zero-order chi connectivity index (χ0) is 16.4. The third-order valence-electron chi connectivity index (χ3n) is 4.65. The topological polar surface area (TPSA) is 31.6 Å². The SMILES string of the molecule is C=C[C@@H]1[C@H](O[Si](C)(C)C)C[C@@H](c2ccco2)O[Si]1(CC)CC. The van der Waals surface area contributed by atoms with E-state index in [2.05, 4.69) is 46.1 Å². The average Bonchev–Trinajstić information content (AvgIpc) is 2.98. The fourth-order valence-electron chi connectivity index (χ4n) is 3.59. The van der Waals surface area contributed by atoms with Gasteiger partial charge < -0.3 is 13.3 Å². The molecule has 1 aliphatic rings. The van der Waals surface area contributed by atoms with Crippen LogP contribution in [0.2, 0.25) is 37.3 Å². The van der Waals surface area contributed by atoms with Crippen LogP contribution in [0, 0.1) is 0 Å². The highest BCUT2D eigenvalue weighted by Crippen LogP contribution is 2.48. The molecular weight excluding hydrogens is 308 g/mol. The Bertz CT molecular complexity index is 475. The molecule has 1 saturated heterocycles. The van der Waals surface area contributed by atoms with Crippen molar-refractivity contribution >= 4 is 16.6 Å². The van der Waals surface area contributed by atoms with Crippen LogP contribution in [0.1, 0.15) is 32.1 Å². The van der Waals surface area contributed by atoms with E-state index in [0.29, 0.717) is 5.54 Å². The van der Waals surface area contributed by atoms with Crippen molar-refractivity contribution in [3.05, 3.63) is 36.8 Å². The molecule has 0 bridgehead atoms. The Morgan fingerprint density at radius 1 is 1.36 bits per heavy atom. The van der Waals surface area contributed by atoms with Gasteiger partial charge in [-0.1, -0.05) is 19.9 Å². The summed E-state index contributed by atoms with van der Waals surface area (Å²) in [5.74, 6) is 0.936. The van der Waals surface area contributed by atoms with E-state index in [9.17, 15) is 0 Å². The van der Waals surface area contributed by atoms with E-state index in [0.717, 1.165) is 24.3 Å². The maximum atomic E-state index is 6.67. The predicted octanol–water partition coefficient (Wildman–Crippen LogP) is 5.50. The number of rotatable bonds is 6. The van der Waals surface area contributed by atoms with Gasteiger partial charge in [-0.25, -0.2) is 0 Å². The fourth-order valence-corrected chi connectivity index (χ4v) is 8.90. The van der Waals surface area contributed by atoms with E-state index in [1.807, 2.05) is 12.1 Å². The van der Waals surface area contributed by atoms with E-state index < -0.39 is 16.6 Å². The molecule has 1 aromatic rings. The lowest BCUT2D eigenvalue weighted by molar-refractivity contribution is 0.0491. The van der Waals surface area contributed by atoms with E-state index in [1.54, 1.807) is 6.26 Å². The minimum absolute atomic E-state index is 0.0270. The van der Waals surface area contributed by atoms with Crippen LogP contribution in [0.4, 0.5) is 0 Å². The van der Waals surface area contributed by atoms with Crippen LogP contribution in [0.25, 0.3) is 0 Å². The molecule has 2 heterocycles. The Hall–Kier alpha value is -0.626. The molecule has 5 heteroatoms. The molecule has 0 unspecified atom stereocenters. The lowest BCUT2D eigenvalue weighted by atomic mass is 10.1. The molecule has 3 nitrogen and oxygen atoms in total. The number of hydrogen-bond donors (Lipinski definition) is 0. The lowest BCUT2D eigenvalue weighted by Gasteiger charge is -2.48. The second-order valence-electron chi connectivity index (χ2n) is 7.16. The first kappa shape index (κ1) is 17.7. The Morgan fingerprint density at radius 2 is 2.05 bits per heavy atom. The first-order chi connectivity index (χ1) is 10.3. The van der Waals surface area contributed by atoms with E-state index in [1.165, 1.54) is 0 Å². The second-order valence-corrected chi connectivity index (χ2v) is 16.1. The lowest BCUT2D eigenvalue weighted by Crippen LogP contribution is -2.53. The molecule has 2 rings (SSSR count). The van der Waals surface area contributed by atoms with Crippen molar-refractivity contribution in [1.29, 1.82) is 0 Å². The van der Waals surface area contributed by atoms with E-state index >= 15 is 0 Å². The molecule has 0 amide bonds. The van der Waals surface area contributed by atoms with Crippen LogP contribution in [-0.2, 0) is 8.85 Å². The van der Waals surface area contributed by atoms with Gasteiger partial charge in [0.1, 0.15) is 11.9 Å². The van der Waals surface area contributed by atoms with Gasteiger partial charge in [-0.15, -0.1) is 6.58 Å². The summed E-state index contributed by atoms with van der Waals surface area (Å²) in [4.78, 5) is 0. The summed E-state index contributed by atoms with van der Waals surface area (Å²) in [5.41, 5.74) is 0.362. The average molecular weight is 339 g/mol. The normalized spacial score (nSPS) is 28.5. The van der Waals surface area contributed by atoms with Crippen molar-refractivity contribution in [2.24, 2.45) is 0 Å². The van der Waals surface area contributed by atoms with Gasteiger partial charge in [-0.3, -0.25) is 0 Å². The molecule has 0 saturated carbocycles. The molecule has 0 radical (unpaired) electrons. The monoisotopic (exact) mass is 338 g/mol. The Balaban J connectivity index is 2.35. The standard InChI is InChI=1S/C17H30O3Si2/c1-7-17-16(19-21(4,5)6)13-15(14-11-10-12-18-14)20-22(17,8-2)9-3/h7,10-12,15-17H,1,8-9,13H2,2-6H3/t15-,16+,17+/m0/s1. The summed E-state index contributed by atoms with van der Waals surface area (Å²) in [7, 11) is -3.54. The van der Waals surface area contributed by atoms with Crippen molar-refractivity contribution in [3.63, 3.8) is 0 Å². The molecular formula is C17H30O3Si2. The van der Waals surface area contributed by atoms with Crippen LogP contribution in [-0.4, -0.2) is 22.7 Å². The number of hydrogen-bond acceptors (Lipinski definition) is 3. The van der Waals surface area contributed by atoms with Crippen molar-refractivity contribution in [2.45, 2.75) is 69.7 Å². The molecule has 1 aromatic heterocycles. The molecule has 0 aromatic carbocycles. The molecule has 0 aliphatic carbocycles. The third-order valence-corrected chi connectivity index (χ3v) is 10.6. The van der Waals surface area contributed by atoms with Crippen LogP contribution in [0.15, 0.2) is 35.5 Å². The van der Waals surface area contributed by atoms with Crippen molar-refractivity contribution < 1.29 is 13.3 Å². The van der Waals surface area contributed by atoms with Gasteiger partial charge in [0.15, 0.2) is 8.32 Å². The van der Waals surface area contributed by atoms with Gasteiger partial charge in [0.05, 0.1) is 12.4 Å². The zero-order valence-electron chi connectivity index (χ0n) is 14.6. The second kappa shape index (κ2) is 6.87. The van der Waals surface area contributed by atoms with Gasteiger partial charge in [0.25, 0.3) is 0 Å². The van der Waals surface area contributed by atoms with Crippen LogP contribution in [0.3, 0.4) is 0 Å². The predicted molar refractivity (Wildman–Crippen MR) is 96.0 cm³/mol. The van der Waals surface area contributed by atoms with E-state index in [4.69, 9.17) is 13.3 Å². The maximum Gasteiger partial charge on any atom is 0.202 e. The van der Waals surface area contributed by atoms with Gasteiger partial charge in [-0.2, -0.15) is 0 Å². The molecule has 0 spiro atoms. The highest BCUT2D eigenvalue weighted by Gasteiger charge is 2.50. The number of furan rings is 1. The summed E-state index contributed by atoms with van der Waals surface area (Å²) in [6, 6.07) is 6.13. The highest BCUT2D eigenvalue weighted by molar-refractivity contribution is 6.76. The molecule has 0 N–H and O–H groups in total. The highest BCUT2D eigenvalue weighted by atomic mass is 28.4. The zero-order valence-corrected chi connectivity index (χ0v) is 16.6. The van der Waals surface area contributed by atoms with Crippen molar-refractivity contribution in [1.82, 2.24) is 0 Å². The first-order valence-corrected chi connectivity index (χ1v) is 14.2. The summed E-state index contributed by atoms with van der Waals surface area (Å²) in [6.07, 6.45) is 4.93. The molecule has 3 atom stereocenters. The van der Waals surface area contributed by atoms with Gasteiger partial charge in [-0.05, 0) is 43.9 Å². The minimum atomic E-state index is -1.92. The molecule has 1 fully saturated rings. The largest absolute Gasteiger partial charge is 0.467 e.